The number of anilines is 3. The van der Waals surface area contributed by atoms with E-state index in [4.69, 9.17) is 5.11 Å². The molecule has 0 atom stereocenters. The Hall–Kier alpha value is -2.63. The molecule has 130 valence electrons. The van der Waals surface area contributed by atoms with Crippen molar-refractivity contribution in [2.75, 3.05) is 16.8 Å². The summed E-state index contributed by atoms with van der Waals surface area (Å²) in [5, 5.41) is 12.6. The number of para-hydroxylation sites is 1. The zero-order valence-electron chi connectivity index (χ0n) is 14.1. The van der Waals surface area contributed by atoms with E-state index in [0.717, 1.165) is 50.3 Å². The second-order valence-electron chi connectivity index (χ2n) is 6.82. The van der Waals surface area contributed by atoms with Crippen molar-refractivity contribution in [3.8, 4) is 0 Å². The van der Waals surface area contributed by atoms with Crippen molar-refractivity contribution < 1.29 is 9.90 Å². The number of aromatic nitrogens is 2. The molecule has 2 heterocycles. The number of rotatable bonds is 4. The van der Waals surface area contributed by atoms with E-state index in [1.165, 1.54) is 11.3 Å². The lowest BCUT2D eigenvalue weighted by Gasteiger charge is -2.27. The molecule has 4 rings (SSSR count). The fourth-order valence-corrected chi connectivity index (χ4v) is 3.84. The number of nitrogens with one attached hydrogen (secondary N) is 1. The molecule has 0 amide bonds. The summed E-state index contributed by atoms with van der Waals surface area (Å²) in [6.45, 7) is 0.930. The number of carboxylic acid groups (broad SMARTS) is 1. The van der Waals surface area contributed by atoms with Gasteiger partial charge in [0.1, 0.15) is 18.0 Å². The van der Waals surface area contributed by atoms with Gasteiger partial charge in [-0.05, 0) is 43.7 Å². The van der Waals surface area contributed by atoms with Gasteiger partial charge in [-0.3, -0.25) is 4.79 Å². The van der Waals surface area contributed by atoms with Gasteiger partial charge in [-0.15, -0.1) is 0 Å². The molecule has 6 heteroatoms. The quantitative estimate of drug-likeness (QED) is 0.891. The van der Waals surface area contributed by atoms with E-state index >= 15 is 0 Å². The van der Waals surface area contributed by atoms with Crippen LogP contribution < -0.4 is 10.2 Å². The zero-order chi connectivity index (χ0) is 17.2. The molecular formula is C19H22N4O2. The van der Waals surface area contributed by atoms with Crippen LogP contribution in [0, 0.1) is 5.92 Å². The molecule has 2 N–H and O–H groups in total. The van der Waals surface area contributed by atoms with Crippen molar-refractivity contribution >= 4 is 23.3 Å². The third kappa shape index (κ3) is 3.29. The van der Waals surface area contributed by atoms with Gasteiger partial charge in [-0.1, -0.05) is 18.2 Å². The summed E-state index contributed by atoms with van der Waals surface area (Å²) >= 11 is 0. The molecule has 0 radical (unpaired) electrons. The molecule has 2 aromatic rings. The van der Waals surface area contributed by atoms with E-state index in [0.29, 0.717) is 0 Å². The van der Waals surface area contributed by atoms with Crippen molar-refractivity contribution in [3.63, 3.8) is 0 Å². The predicted molar refractivity (Wildman–Crippen MR) is 96.2 cm³/mol. The van der Waals surface area contributed by atoms with Crippen LogP contribution in [0.1, 0.15) is 31.2 Å². The van der Waals surface area contributed by atoms with Crippen LogP contribution in [0.15, 0.2) is 36.7 Å². The summed E-state index contributed by atoms with van der Waals surface area (Å²) in [5.41, 5.74) is 2.57. The largest absolute Gasteiger partial charge is 0.481 e. The maximum Gasteiger partial charge on any atom is 0.306 e. The molecule has 2 aliphatic rings. The number of hydrogen-bond donors (Lipinski definition) is 2. The molecule has 1 aliphatic carbocycles. The van der Waals surface area contributed by atoms with Crippen molar-refractivity contribution in [2.45, 2.75) is 38.1 Å². The normalized spacial score (nSPS) is 22.5. The first kappa shape index (κ1) is 15.9. The number of nitrogens with zero attached hydrogens (tertiary/aromatic N) is 3. The first-order valence-corrected chi connectivity index (χ1v) is 8.87. The van der Waals surface area contributed by atoms with E-state index in [-0.39, 0.29) is 12.0 Å². The van der Waals surface area contributed by atoms with Gasteiger partial charge in [0.25, 0.3) is 0 Å². The Kier molecular flexibility index (Phi) is 4.26. The molecule has 0 spiro atoms. The Morgan fingerprint density at radius 2 is 1.96 bits per heavy atom. The van der Waals surface area contributed by atoms with Gasteiger partial charge >= 0.3 is 5.97 Å². The second-order valence-corrected chi connectivity index (χ2v) is 6.82. The fraction of sp³-hybridized carbons (Fsp3) is 0.421. The highest BCUT2D eigenvalue weighted by atomic mass is 16.4. The van der Waals surface area contributed by atoms with E-state index in [1.54, 1.807) is 6.33 Å². The lowest BCUT2D eigenvalue weighted by Crippen LogP contribution is -2.29. The van der Waals surface area contributed by atoms with Crippen LogP contribution in [-0.2, 0) is 11.2 Å². The molecular weight excluding hydrogens is 316 g/mol. The molecule has 1 fully saturated rings. The van der Waals surface area contributed by atoms with Gasteiger partial charge in [0.2, 0.25) is 0 Å². The lowest BCUT2D eigenvalue weighted by molar-refractivity contribution is -0.142. The molecule has 25 heavy (non-hydrogen) atoms. The van der Waals surface area contributed by atoms with Gasteiger partial charge in [0, 0.05) is 24.3 Å². The monoisotopic (exact) mass is 338 g/mol. The number of carbonyl (C=O) groups is 1. The highest BCUT2D eigenvalue weighted by molar-refractivity contribution is 5.70. The summed E-state index contributed by atoms with van der Waals surface area (Å²) in [5.74, 6) is 0.852. The maximum absolute atomic E-state index is 11.1. The second kappa shape index (κ2) is 6.70. The van der Waals surface area contributed by atoms with Crippen molar-refractivity contribution in [1.29, 1.82) is 0 Å². The van der Waals surface area contributed by atoms with Crippen LogP contribution in [0.4, 0.5) is 17.3 Å². The first-order valence-electron chi connectivity index (χ1n) is 8.87. The number of hydrogen-bond acceptors (Lipinski definition) is 5. The Labute approximate surface area is 146 Å². The highest BCUT2D eigenvalue weighted by Gasteiger charge is 2.26. The third-order valence-corrected chi connectivity index (χ3v) is 5.24. The average Bonchev–Trinajstić information content (AvgIpc) is 3.06. The highest BCUT2D eigenvalue weighted by Crippen LogP contribution is 2.34. The van der Waals surface area contributed by atoms with Gasteiger partial charge in [-0.25, -0.2) is 9.97 Å². The first-order chi connectivity index (χ1) is 12.2. The summed E-state index contributed by atoms with van der Waals surface area (Å²) in [4.78, 5) is 22.1. The molecule has 0 unspecified atom stereocenters. The smallest absolute Gasteiger partial charge is 0.306 e. The van der Waals surface area contributed by atoms with Crippen LogP contribution in [0.2, 0.25) is 0 Å². The minimum absolute atomic E-state index is 0.194. The lowest BCUT2D eigenvalue weighted by atomic mass is 9.86. The zero-order valence-corrected chi connectivity index (χ0v) is 14.1. The molecule has 0 saturated heterocycles. The Bertz CT molecular complexity index is 772. The minimum atomic E-state index is -0.671. The van der Waals surface area contributed by atoms with Crippen molar-refractivity contribution in [3.05, 3.63) is 42.2 Å². The molecule has 1 saturated carbocycles. The average molecular weight is 338 g/mol. The van der Waals surface area contributed by atoms with Gasteiger partial charge < -0.3 is 15.3 Å². The van der Waals surface area contributed by atoms with Gasteiger partial charge in [0.15, 0.2) is 0 Å². The summed E-state index contributed by atoms with van der Waals surface area (Å²) in [7, 11) is 0. The van der Waals surface area contributed by atoms with Crippen LogP contribution in [0.5, 0.6) is 0 Å². The topological polar surface area (TPSA) is 78.4 Å². The maximum atomic E-state index is 11.1. The summed E-state index contributed by atoms with van der Waals surface area (Å²) < 4.78 is 0. The van der Waals surface area contributed by atoms with Crippen molar-refractivity contribution in [2.24, 2.45) is 5.92 Å². The summed E-state index contributed by atoms with van der Waals surface area (Å²) in [6.07, 6.45) is 5.81. The standard InChI is InChI=1S/C19H22N4O2/c24-19(25)14-5-7-15(8-6-14)22-17-11-18(21-12-20-17)23-10-9-13-3-1-2-4-16(13)23/h1-4,11-12,14-15H,5-10H2,(H,24,25)(H,20,21,22). The molecule has 1 aromatic heterocycles. The Morgan fingerprint density at radius 1 is 1.16 bits per heavy atom. The summed E-state index contributed by atoms with van der Waals surface area (Å²) in [6, 6.07) is 10.7. The van der Waals surface area contributed by atoms with Crippen LogP contribution in [0.3, 0.4) is 0 Å². The molecule has 0 bridgehead atoms. The van der Waals surface area contributed by atoms with Gasteiger partial charge in [-0.2, -0.15) is 0 Å². The SMILES string of the molecule is O=C(O)C1CCC(Nc2cc(N3CCc4ccccc43)ncn2)CC1. The number of benzene rings is 1. The van der Waals surface area contributed by atoms with Gasteiger partial charge in [0.05, 0.1) is 5.92 Å². The van der Waals surface area contributed by atoms with E-state index in [9.17, 15) is 4.79 Å². The minimum Gasteiger partial charge on any atom is -0.481 e. The van der Waals surface area contributed by atoms with E-state index in [2.05, 4.69) is 44.5 Å². The van der Waals surface area contributed by atoms with Crippen LogP contribution in [0.25, 0.3) is 0 Å². The number of aliphatic carboxylic acids is 1. The Morgan fingerprint density at radius 3 is 2.76 bits per heavy atom. The molecule has 6 nitrogen and oxygen atoms in total. The van der Waals surface area contributed by atoms with Crippen molar-refractivity contribution in [1.82, 2.24) is 9.97 Å². The van der Waals surface area contributed by atoms with Crippen LogP contribution in [-0.4, -0.2) is 33.6 Å². The fourth-order valence-electron chi connectivity index (χ4n) is 3.84. The van der Waals surface area contributed by atoms with Crippen LogP contribution >= 0.6 is 0 Å². The number of fused-ring (bicyclic) bond motifs is 1. The van der Waals surface area contributed by atoms with E-state index < -0.39 is 5.97 Å². The number of carboxylic acids is 1. The molecule has 1 aliphatic heterocycles. The van der Waals surface area contributed by atoms with E-state index in [1.807, 2.05) is 6.07 Å². The Balaban J connectivity index is 1.45. The molecule has 1 aromatic carbocycles. The third-order valence-electron chi connectivity index (χ3n) is 5.24. The predicted octanol–water partition coefficient (Wildman–Crippen LogP) is 3.23.